The number of hydrogen-bond donors (Lipinski definition) is 1. The first-order chi connectivity index (χ1) is 13.9. The molecule has 5 aliphatic heterocycles. The van der Waals surface area contributed by atoms with Crippen molar-refractivity contribution in [2.45, 2.75) is 83.0 Å². The summed E-state index contributed by atoms with van der Waals surface area (Å²) in [5, 5.41) is 10.9. The molecule has 9 atom stereocenters. The summed E-state index contributed by atoms with van der Waals surface area (Å²) in [5.41, 5.74) is 1.13. The van der Waals surface area contributed by atoms with Gasteiger partial charge in [0.1, 0.15) is 12.2 Å². The largest absolute Gasteiger partial charge is 0.456 e. The number of fused-ring (bicyclic) bond motifs is 3. The van der Waals surface area contributed by atoms with Crippen LogP contribution in [0.4, 0.5) is 0 Å². The van der Waals surface area contributed by atoms with Crippen molar-refractivity contribution >= 4 is 11.9 Å². The monoisotopic (exact) mass is 405 g/mol. The molecule has 0 aromatic heterocycles. The smallest absolute Gasteiger partial charge is 0.314 e. The second kappa shape index (κ2) is 6.71. The Bertz CT molecular complexity index is 752. The van der Waals surface area contributed by atoms with Gasteiger partial charge in [0.05, 0.1) is 23.6 Å². The van der Waals surface area contributed by atoms with E-state index in [1.807, 2.05) is 6.92 Å². The predicted octanol–water partition coefficient (Wildman–Crippen LogP) is 1.98. The Morgan fingerprint density at radius 1 is 1.28 bits per heavy atom. The third kappa shape index (κ3) is 2.62. The van der Waals surface area contributed by atoms with Crippen LogP contribution in [0.1, 0.15) is 52.9 Å². The first-order valence-corrected chi connectivity index (χ1v) is 11.1. The third-order valence-corrected chi connectivity index (χ3v) is 7.89. The van der Waals surface area contributed by atoms with Crippen LogP contribution in [0.2, 0.25) is 0 Å². The maximum atomic E-state index is 12.3. The first kappa shape index (κ1) is 19.4. The average Bonchev–Trinajstić information content (AvgIpc) is 3.36. The Kier molecular flexibility index (Phi) is 4.48. The summed E-state index contributed by atoms with van der Waals surface area (Å²) in [6.07, 6.45) is 5.28. The van der Waals surface area contributed by atoms with Gasteiger partial charge in [-0.2, -0.15) is 0 Å². The number of ether oxygens (including phenoxy) is 3. The Balaban J connectivity index is 1.44. The van der Waals surface area contributed by atoms with Crippen LogP contribution in [0.25, 0.3) is 0 Å². The minimum Gasteiger partial charge on any atom is -0.456 e. The molecule has 7 nitrogen and oxygen atoms in total. The number of carbonyl (C=O) groups excluding carboxylic acids is 2. The fourth-order valence-corrected chi connectivity index (χ4v) is 6.45. The molecule has 0 amide bonds. The quantitative estimate of drug-likeness (QED) is 0.703. The van der Waals surface area contributed by atoms with Gasteiger partial charge in [0, 0.05) is 30.8 Å². The fraction of sp³-hybridized carbons (Fsp3) is 0.818. The molecule has 1 spiro atoms. The Labute approximate surface area is 171 Å². The number of esters is 2. The molecule has 0 aliphatic carbocycles. The van der Waals surface area contributed by atoms with Crippen LogP contribution in [0.5, 0.6) is 0 Å². The van der Waals surface area contributed by atoms with Gasteiger partial charge in [-0.3, -0.25) is 9.59 Å². The number of aliphatic hydroxyl groups is 1. The average molecular weight is 405 g/mol. The molecule has 160 valence electrons. The highest BCUT2D eigenvalue weighted by molar-refractivity contribution is 5.76. The predicted molar refractivity (Wildman–Crippen MR) is 102 cm³/mol. The highest BCUT2D eigenvalue weighted by Gasteiger charge is 2.68. The maximum Gasteiger partial charge on any atom is 0.314 e. The van der Waals surface area contributed by atoms with Gasteiger partial charge >= 0.3 is 11.9 Å². The molecule has 1 N–H and O–H groups in total. The van der Waals surface area contributed by atoms with Crippen LogP contribution in [-0.4, -0.2) is 58.6 Å². The molecule has 0 saturated carbocycles. The molecular weight excluding hydrogens is 374 g/mol. The number of rotatable bonds is 2. The Hall–Kier alpha value is -1.60. The number of aliphatic hydroxyl groups excluding tert-OH is 1. The zero-order chi connectivity index (χ0) is 20.5. The van der Waals surface area contributed by atoms with E-state index in [-0.39, 0.29) is 47.9 Å². The van der Waals surface area contributed by atoms with Gasteiger partial charge in [0.15, 0.2) is 0 Å². The highest BCUT2D eigenvalue weighted by atomic mass is 16.7. The summed E-state index contributed by atoms with van der Waals surface area (Å²) in [7, 11) is 0. The van der Waals surface area contributed by atoms with Crippen molar-refractivity contribution in [2.75, 3.05) is 6.54 Å². The molecular formula is C22H31NO6. The van der Waals surface area contributed by atoms with Crippen LogP contribution >= 0.6 is 0 Å². The van der Waals surface area contributed by atoms with Crippen LogP contribution in [0, 0.1) is 23.7 Å². The van der Waals surface area contributed by atoms with Gasteiger partial charge in [0.2, 0.25) is 5.79 Å². The van der Waals surface area contributed by atoms with Crippen molar-refractivity contribution in [1.29, 1.82) is 0 Å². The lowest BCUT2D eigenvalue weighted by Crippen LogP contribution is -2.49. The second-order valence-electron chi connectivity index (χ2n) is 9.45. The lowest BCUT2D eigenvalue weighted by Gasteiger charge is -2.38. The summed E-state index contributed by atoms with van der Waals surface area (Å²) < 4.78 is 17.8. The molecule has 29 heavy (non-hydrogen) atoms. The summed E-state index contributed by atoms with van der Waals surface area (Å²) in [6.45, 7) is 6.63. The zero-order valence-corrected chi connectivity index (χ0v) is 17.4. The van der Waals surface area contributed by atoms with E-state index in [0.29, 0.717) is 0 Å². The van der Waals surface area contributed by atoms with E-state index in [4.69, 9.17) is 14.2 Å². The normalized spacial score (nSPS) is 49.0. The fourth-order valence-electron chi connectivity index (χ4n) is 6.45. The van der Waals surface area contributed by atoms with Gasteiger partial charge in [-0.05, 0) is 32.6 Å². The molecule has 7 heteroatoms. The van der Waals surface area contributed by atoms with Gasteiger partial charge in [0.25, 0.3) is 0 Å². The molecule has 0 aromatic carbocycles. The van der Waals surface area contributed by atoms with E-state index in [9.17, 15) is 14.7 Å². The van der Waals surface area contributed by atoms with Gasteiger partial charge < -0.3 is 24.2 Å². The van der Waals surface area contributed by atoms with E-state index >= 15 is 0 Å². The van der Waals surface area contributed by atoms with Gasteiger partial charge in [-0.15, -0.1) is 0 Å². The lowest BCUT2D eigenvalue weighted by atomic mass is 9.75. The second-order valence-corrected chi connectivity index (χ2v) is 9.45. The first-order valence-electron chi connectivity index (χ1n) is 11.1. The van der Waals surface area contributed by atoms with Crippen LogP contribution in [0.3, 0.4) is 0 Å². The molecule has 4 fully saturated rings. The minimum atomic E-state index is -1.22. The van der Waals surface area contributed by atoms with E-state index < -0.39 is 17.8 Å². The van der Waals surface area contributed by atoms with Crippen molar-refractivity contribution in [3.05, 3.63) is 11.8 Å². The van der Waals surface area contributed by atoms with Crippen molar-refractivity contribution in [3.8, 4) is 0 Å². The van der Waals surface area contributed by atoms with Crippen molar-refractivity contribution in [2.24, 2.45) is 23.7 Å². The standard InChI is InChI=1S/C22H31NO6/c1-4-13-18-15-8-7-14(17-10-11(2)20(25)27-17)23(15)9-5-6-16(18)28-22(13)19(24)12(3)21(26)29-22/h7,11-13,15-19,24H,4-6,8-10H2,1-3H3. The van der Waals surface area contributed by atoms with Crippen molar-refractivity contribution < 1.29 is 28.9 Å². The lowest BCUT2D eigenvalue weighted by molar-refractivity contribution is -0.250. The minimum absolute atomic E-state index is 0.0412. The van der Waals surface area contributed by atoms with Gasteiger partial charge in [-0.1, -0.05) is 19.9 Å². The Morgan fingerprint density at radius 3 is 2.69 bits per heavy atom. The SMILES string of the molecule is CCC1C2C(CCCN3C(C4CC(C)C(=O)O4)=CCC23)OC12OC(=O)C(C)C2O. The molecule has 5 heterocycles. The molecule has 0 radical (unpaired) electrons. The Morgan fingerprint density at radius 2 is 2.07 bits per heavy atom. The molecule has 4 saturated heterocycles. The molecule has 5 aliphatic rings. The molecule has 0 aromatic rings. The summed E-state index contributed by atoms with van der Waals surface area (Å²) in [6, 6.07) is 0.221. The van der Waals surface area contributed by atoms with Crippen LogP contribution < -0.4 is 0 Å². The van der Waals surface area contributed by atoms with E-state index in [2.05, 4.69) is 17.9 Å². The molecule has 0 bridgehead atoms. The van der Waals surface area contributed by atoms with E-state index in [1.54, 1.807) is 6.92 Å². The number of carbonyl (C=O) groups is 2. The van der Waals surface area contributed by atoms with Gasteiger partial charge in [-0.25, -0.2) is 0 Å². The van der Waals surface area contributed by atoms with Crippen molar-refractivity contribution in [1.82, 2.24) is 4.90 Å². The van der Waals surface area contributed by atoms with E-state index in [0.717, 1.165) is 44.3 Å². The topological polar surface area (TPSA) is 85.3 Å². The maximum absolute atomic E-state index is 12.3. The molecule has 5 rings (SSSR count). The number of nitrogens with zero attached hydrogens (tertiary/aromatic N) is 1. The zero-order valence-electron chi connectivity index (χ0n) is 17.4. The van der Waals surface area contributed by atoms with Crippen LogP contribution in [0.15, 0.2) is 11.8 Å². The number of cyclic esters (lactones) is 1. The highest BCUT2D eigenvalue weighted by Crippen LogP contribution is 2.55. The molecule has 9 unspecified atom stereocenters. The summed E-state index contributed by atoms with van der Waals surface area (Å²) >= 11 is 0. The summed E-state index contributed by atoms with van der Waals surface area (Å²) in [4.78, 5) is 26.6. The number of hydrogen-bond acceptors (Lipinski definition) is 7. The summed E-state index contributed by atoms with van der Waals surface area (Å²) in [5.74, 6) is -2.23. The van der Waals surface area contributed by atoms with Crippen LogP contribution in [-0.2, 0) is 23.8 Å². The van der Waals surface area contributed by atoms with E-state index in [1.165, 1.54) is 0 Å². The van der Waals surface area contributed by atoms with Crippen molar-refractivity contribution in [3.63, 3.8) is 0 Å². The third-order valence-electron chi connectivity index (χ3n) is 7.89.